The molecular formula is C25H51NO2P+. The van der Waals surface area contributed by atoms with Crippen molar-refractivity contribution in [3.8, 4) is 0 Å². The molecule has 0 amide bonds. The molecule has 0 rings (SSSR count). The summed E-state index contributed by atoms with van der Waals surface area (Å²) in [6.07, 6.45) is 25.8. The molecule has 0 heterocycles. The van der Waals surface area contributed by atoms with E-state index in [1.54, 1.807) is 0 Å². The summed E-state index contributed by atoms with van der Waals surface area (Å²) in [7, 11) is 3.56. The highest BCUT2D eigenvalue weighted by atomic mass is 31.1. The first kappa shape index (κ1) is 28.6. The SMILES string of the molecule is CCCCCCCCCCCCCCC=CCCCC(CC)(P(=O)=O)[N+](C)(C)C. The maximum Gasteiger partial charge on any atom is 0.378 e. The van der Waals surface area contributed by atoms with Crippen molar-refractivity contribution in [3.05, 3.63) is 12.2 Å². The number of unbranched alkanes of at least 4 members (excludes halogenated alkanes) is 13. The van der Waals surface area contributed by atoms with Crippen LogP contribution in [0.15, 0.2) is 12.2 Å². The Morgan fingerprint density at radius 2 is 1.07 bits per heavy atom. The Morgan fingerprint density at radius 3 is 1.45 bits per heavy atom. The van der Waals surface area contributed by atoms with Gasteiger partial charge in [0.25, 0.3) is 0 Å². The second kappa shape index (κ2) is 17.3. The van der Waals surface area contributed by atoms with Crippen LogP contribution in [0, 0.1) is 0 Å². The molecule has 0 spiro atoms. The predicted molar refractivity (Wildman–Crippen MR) is 128 cm³/mol. The average Bonchev–Trinajstić information content (AvgIpc) is 2.66. The molecule has 0 saturated heterocycles. The smallest absolute Gasteiger partial charge is 0.314 e. The van der Waals surface area contributed by atoms with Gasteiger partial charge in [0.05, 0.1) is 21.1 Å². The van der Waals surface area contributed by atoms with Crippen molar-refractivity contribution in [2.24, 2.45) is 0 Å². The van der Waals surface area contributed by atoms with E-state index < -0.39 is 13.0 Å². The standard InChI is InChI=1S/C25H51NO2P/c1-6-8-9-10-11-12-13-14-15-16-17-18-19-20-21-22-23-24-25(7-2,29(27)28)26(3,4)5/h20-21H,6-19,22-24H2,1-5H3/q+1. The van der Waals surface area contributed by atoms with Crippen molar-refractivity contribution in [1.29, 1.82) is 0 Å². The monoisotopic (exact) mass is 428 g/mol. The fraction of sp³-hybridized carbons (Fsp3) is 0.920. The van der Waals surface area contributed by atoms with Gasteiger partial charge in [-0.05, 0) is 25.7 Å². The molecule has 0 N–H and O–H groups in total. The summed E-state index contributed by atoms with van der Waals surface area (Å²) >= 11 is 0. The molecule has 29 heavy (non-hydrogen) atoms. The summed E-state index contributed by atoms with van der Waals surface area (Å²) in [6.45, 7) is 4.28. The van der Waals surface area contributed by atoms with E-state index in [1.807, 2.05) is 28.1 Å². The first-order valence-electron chi connectivity index (χ1n) is 12.4. The molecule has 0 saturated carbocycles. The maximum absolute atomic E-state index is 11.9. The Bertz CT molecular complexity index is 472. The van der Waals surface area contributed by atoms with Crippen molar-refractivity contribution >= 4 is 7.68 Å². The van der Waals surface area contributed by atoms with Crippen LogP contribution in [0.5, 0.6) is 0 Å². The van der Waals surface area contributed by atoms with Crippen molar-refractivity contribution in [3.63, 3.8) is 0 Å². The molecule has 0 aromatic carbocycles. The van der Waals surface area contributed by atoms with Gasteiger partial charge in [0, 0.05) is 12.8 Å². The molecule has 1 unspecified atom stereocenters. The van der Waals surface area contributed by atoms with Gasteiger partial charge in [0.2, 0.25) is 5.28 Å². The predicted octanol–water partition coefficient (Wildman–Crippen LogP) is 8.79. The van der Waals surface area contributed by atoms with Crippen molar-refractivity contribution in [1.82, 2.24) is 0 Å². The summed E-state index contributed by atoms with van der Waals surface area (Å²) in [4.78, 5) is 0. The van der Waals surface area contributed by atoms with E-state index in [4.69, 9.17) is 0 Å². The third-order valence-corrected chi connectivity index (χ3v) is 8.31. The van der Waals surface area contributed by atoms with E-state index in [2.05, 4.69) is 19.1 Å². The Balaban J connectivity index is 3.66. The highest BCUT2D eigenvalue weighted by Crippen LogP contribution is 2.42. The Morgan fingerprint density at radius 1 is 0.655 bits per heavy atom. The Kier molecular flexibility index (Phi) is 17.1. The molecule has 0 fully saturated rings. The van der Waals surface area contributed by atoms with Gasteiger partial charge in [-0.1, -0.05) is 96.6 Å². The van der Waals surface area contributed by atoms with E-state index in [9.17, 15) is 9.13 Å². The summed E-state index contributed by atoms with van der Waals surface area (Å²) in [5, 5.41) is -0.626. The van der Waals surface area contributed by atoms with Crippen LogP contribution in [-0.2, 0) is 9.13 Å². The second-order valence-electron chi connectivity index (χ2n) is 9.65. The van der Waals surface area contributed by atoms with Gasteiger partial charge in [-0.15, -0.1) is 0 Å². The van der Waals surface area contributed by atoms with Gasteiger partial charge in [0.1, 0.15) is 0 Å². The van der Waals surface area contributed by atoms with Crippen LogP contribution in [0.1, 0.15) is 123 Å². The zero-order valence-electron chi connectivity index (χ0n) is 20.4. The molecule has 0 radical (unpaired) electrons. The minimum absolute atomic E-state index is 0.491. The summed E-state index contributed by atoms with van der Waals surface area (Å²) in [5.41, 5.74) is 0. The number of hydrogen-bond donors (Lipinski definition) is 0. The lowest BCUT2D eigenvalue weighted by molar-refractivity contribution is -0.908. The Labute approximate surface area is 183 Å². The Hall–Kier alpha value is -0.400. The minimum Gasteiger partial charge on any atom is -0.314 e. The summed E-state index contributed by atoms with van der Waals surface area (Å²) in [6, 6.07) is 0. The lowest BCUT2D eigenvalue weighted by Crippen LogP contribution is -2.53. The molecule has 0 aromatic heterocycles. The average molecular weight is 429 g/mol. The third kappa shape index (κ3) is 12.8. The second-order valence-corrected chi connectivity index (χ2v) is 11.0. The van der Waals surface area contributed by atoms with Gasteiger partial charge < -0.3 is 4.48 Å². The normalized spacial score (nSPS) is 14.4. The van der Waals surface area contributed by atoms with Crippen molar-refractivity contribution < 1.29 is 13.6 Å². The molecule has 1 atom stereocenters. The topological polar surface area (TPSA) is 34.1 Å². The number of rotatable bonds is 20. The third-order valence-electron chi connectivity index (χ3n) is 6.49. The molecular weight excluding hydrogens is 377 g/mol. The zero-order chi connectivity index (χ0) is 22.0. The highest BCUT2D eigenvalue weighted by molar-refractivity contribution is 7.32. The quantitative estimate of drug-likeness (QED) is 0.0840. The maximum atomic E-state index is 11.9. The van der Waals surface area contributed by atoms with E-state index in [-0.39, 0.29) is 0 Å². The largest absolute Gasteiger partial charge is 0.378 e. The molecule has 172 valence electrons. The van der Waals surface area contributed by atoms with Gasteiger partial charge in [-0.3, -0.25) is 0 Å². The number of allylic oxidation sites excluding steroid dienone is 2. The minimum atomic E-state index is -2.43. The van der Waals surface area contributed by atoms with E-state index in [0.717, 1.165) is 19.3 Å². The fourth-order valence-electron chi connectivity index (χ4n) is 4.29. The summed E-state index contributed by atoms with van der Waals surface area (Å²) in [5.74, 6) is 0. The zero-order valence-corrected chi connectivity index (χ0v) is 21.3. The highest BCUT2D eigenvalue weighted by Gasteiger charge is 2.46. The van der Waals surface area contributed by atoms with Crippen LogP contribution >= 0.6 is 7.68 Å². The van der Waals surface area contributed by atoms with Gasteiger partial charge >= 0.3 is 7.68 Å². The van der Waals surface area contributed by atoms with Crippen molar-refractivity contribution in [2.45, 2.75) is 128 Å². The van der Waals surface area contributed by atoms with E-state index >= 15 is 0 Å². The van der Waals surface area contributed by atoms with Crippen LogP contribution in [0.4, 0.5) is 0 Å². The van der Waals surface area contributed by atoms with Crippen LogP contribution < -0.4 is 0 Å². The van der Waals surface area contributed by atoms with Gasteiger partial charge in [0.15, 0.2) is 0 Å². The van der Waals surface area contributed by atoms with Crippen LogP contribution in [-0.4, -0.2) is 30.9 Å². The van der Waals surface area contributed by atoms with Gasteiger partial charge in [-0.2, -0.15) is 0 Å². The number of nitrogens with zero attached hydrogens (tertiary/aromatic N) is 1. The lowest BCUT2D eigenvalue weighted by atomic mass is 10.0. The van der Waals surface area contributed by atoms with E-state index in [0.29, 0.717) is 10.9 Å². The van der Waals surface area contributed by atoms with Crippen LogP contribution in [0.2, 0.25) is 0 Å². The first-order valence-corrected chi connectivity index (χ1v) is 13.6. The number of hydrogen-bond acceptors (Lipinski definition) is 2. The van der Waals surface area contributed by atoms with Crippen LogP contribution in [0.3, 0.4) is 0 Å². The first-order chi connectivity index (χ1) is 13.8. The molecule has 0 aliphatic heterocycles. The molecule has 0 aliphatic rings. The van der Waals surface area contributed by atoms with Gasteiger partial charge in [-0.25, -0.2) is 9.13 Å². The summed E-state index contributed by atoms with van der Waals surface area (Å²) < 4.78 is 24.3. The number of quaternary nitrogens is 1. The van der Waals surface area contributed by atoms with E-state index in [1.165, 1.54) is 83.5 Å². The van der Waals surface area contributed by atoms with Crippen molar-refractivity contribution in [2.75, 3.05) is 21.1 Å². The molecule has 0 bridgehead atoms. The molecule has 3 nitrogen and oxygen atoms in total. The lowest BCUT2D eigenvalue weighted by Gasteiger charge is -2.40. The molecule has 0 aromatic rings. The van der Waals surface area contributed by atoms with Crippen LogP contribution in [0.25, 0.3) is 0 Å². The molecule has 4 heteroatoms. The fourth-order valence-corrected chi connectivity index (χ4v) is 5.38. The molecule has 0 aliphatic carbocycles.